The van der Waals surface area contributed by atoms with Gasteiger partial charge in [-0.1, -0.05) is 37.8 Å². The molecule has 4 rings (SSSR count). The largest absolute Gasteiger partial charge is 0.490 e. The summed E-state index contributed by atoms with van der Waals surface area (Å²) in [4.78, 5) is 26.2. The van der Waals surface area contributed by atoms with Gasteiger partial charge in [0, 0.05) is 6.42 Å². The summed E-state index contributed by atoms with van der Waals surface area (Å²) in [5, 5.41) is 9.84. The van der Waals surface area contributed by atoms with Gasteiger partial charge in [-0.05, 0) is 37.0 Å². The van der Waals surface area contributed by atoms with Crippen molar-refractivity contribution in [2.45, 2.75) is 57.7 Å². The smallest absolute Gasteiger partial charge is 0.276 e. The van der Waals surface area contributed by atoms with Crippen molar-refractivity contribution in [3.63, 3.8) is 0 Å². The molecule has 7 nitrogen and oxygen atoms in total. The monoisotopic (exact) mass is 382 g/mol. The first-order valence-corrected chi connectivity index (χ1v) is 9.95. The first kappa shape index (κ1) is 18.7. The second-order valence-electron chi connectivity index (χ2n) is 7.69. The molecule has 148 valence electrons. The molecule has 1 fully saturated rings. The number of aliphatic hydroxyl groups is 1. The SMILES string of the molecule is CC(O)c1cccc(OC(Cc2nc3nc[nH]c(=O)c3[nH]2)CC2CCCC2)c1. The third kappa shape index (κ3) is 4.25. The van der Waals surface area contributed by atoms with E-state index in [1.54, 1.807) is 6.92 Å². The van der Waals surface area contributed by atoms with Crippen LogP contribution in [0.15, 0.2) is 35.4 Å². The van der Waals surface area contributed by atoms with Crippen LogP contribution in [0, 0.1) is 5.92 Å². The second kappa shape index (κ2) is 8.14. The van der Waals surface area contributed by atoms with Crippen LogP contribution in [-0.4, -0.2) is 31.1 Å². The maximum Gasteiger partial charge on any atom is 0.276 e. The first-order valence-electron chi connectivity index (χ1n) is 9.95. The number of aliphatic hydroxyl groups excluding tert-OH is 1. The number of aromatic amines is 2. The third-order valence-corrected chi connectivity index (χ3v) is 5.48. The van der Waals surface area contributed by atoms with Gasteiger partial charge in [-0.15, -0.1) is 0 Å². The van der Waals surface area contributed by atoms with Gasteiger partial charge in [-0.2, -0.15) is 0 Å². The minimum atomic E-state index is -0.537. The molecule has 0 amide bonds. The molecular weight excluding hydrogens is 356 g/mol. The Balaban J connectivity index is 1.56. The molecule has 0 bridgehead atoms. The van der Waals surface area contributed by atoms with Gasteiger partial charge in [0.2, 0.25) is 0 Å². The minimum absolute atomic E-state index is 0.0630. The molecule has 0 radical (unpaired) electrons. The van der Waals surface area contributed by atoms with Crippen LogP contribution < -0.4 is 10.3 Å². The molecule has 1 aliphatic rings. The van der Waals surface area contributed by atoms with Gasteiger partial charge in [0.25, 0.3) is 5.56 Å². The van der Waals surface area contributed by atoms with Crippen molar-refractivity contribution < 1.29 is 9.84 Å². The number of benzene rings is 1. The van der Waals surface area contributed by atoms with Crippen molar-refractivity contribution in [3.8, 4) is 5.75 Å². The highest BCUT2D eigenvalue weighted by atomic mass is 16.5. The van der Waals surface area contributed by atoms with Crippen LogP contribution in [0.4, 0.5) is 0 Å². The summed E-state index contributed by atoms with van der Waals surface area (Å²) in [5.74, 6) is 2.10. The van der Waals surface area contributed by atoms with Crippen LogP contribution in [0.1, 0.15) is 56.5 Å². The molecule has 2 heterocycles. The van der Waals surface area contributed by atoms with Crippen LogP contribution in [-0.2, 0) is 6.42 Å². The number of nitrogens with zero attached hydrogens (tertiary/aromatic N) is 2. The van der Waals surface area contributed by atoms with Crippen molar-refractivity contribution >= 4 is 11.2 Å². The fraction of sp³-hybridized carbons (Fsp3) is 0.476. The molecular formula is C21H26N4O3. The summed E-state index contributed by atoms with van der Waals surface area (Å²) in [6.45, 7) is 1.74. The van der Waals surface area contributed by atoms with Crippen LogP contribution in [0.3, 0.4) is 0 Å². The number of imidazole rings is 1. The van der Waals surface area contributed by atoms with E-state index in [1.807, 2.05) is 24.3 Å². The fourth-order valence-corrected chi connectivity index (χ4v) is 4.03. The quantitative estimate of drug-likeness (QED) is 0.582. The Labute approximate surface area is 163 Å². The van der Waals surface area contributed by atoms with Crippen molar-refractivity contribution in [1.29, 1.82) is 0 Å². The molecule has 1 aliphatic carbocycles. The van der Waals surface area contributed by atoms with E-state index in [0.29, 0.717) is 29.3 Å². The van der Waals surface area contributed by atoms with E-state index in [2.05, 4.69) is 19.9 Å². The summed E-state index contributed by atoms with van der Waals surface area (Å²) in [5.41, 5.74) is 1.43. The fourth-order valence-electron chi connectivity index (χ4n) is 4.03. The molecule has 2 aromatic heterocycles. The van der Waals surface area contributed by atoms with Crippen LogP contribution in [0.2, 0.25) is 0 Å². The zero-order chi connectivity index (χ0) is 19.5. The van der Waals surface area contributed by atoms with Gasteiger partial charge in [0.05, 0.1) is 12.4 Å². The summed E-state index contributed by atoms with van der Waals surface area (Å²) in [6.07, 6.45) is 7.30. The molecule has 3 aromatic rings. The van der Waals surface area contributed by atoms with E-state index in [0.717, 1.165) is 17.7 Å². The van der Waals surface area contributed by atoms with E-state index in [4.69, 9.17) is 4.74 Å². The molecule has 28 heavy (non-hydrogen) atoms. The molecule has 3 N–H and O–H groups in total. The molecule has 7 heteroatoms. The lowest BCUT2D eigenvalue weighted by atomic mass is 9.98. The van der Waals surface area contributed by atoms with Crippen molar-refractivity contribution in [2.24, 2.45) is 5.92 Å². The minimum Gasteiger partial charge on any atom is -0.490 e. The van der Waals surface area contributed by atoms with E-state index in [-0.39, 0.29) is 11.7 Å². The van der Waals surface area contributed by atoms with Crippen molar-refractivity contribution in [1.82, 2.24) is 19.9 Å². The predicted molar refractivity (Wildman–Crippen MR) is 106 cm³/mol. The molecule has 1 saturated carbocycles. The normalized spacial score (nSPS) is 17.1. The average Bonchev–Trinajstić information content (AvgIpc) is 3.32. The number of aromatic nitrogens is 4. The Bertz CT molecular complexity index is 988. The van der Waals surface area contributed by atoms with Gasteiger partial charge in [0.1, 0.15) is 17.7 Å². The highest BCUT2D eigenvalue weighted by Crippen LogP contribution is 2.31. The number of fused-ring (bicyclic) bond motifs is 1. The van der Waals surface area contributed by atoms with Crippen molar-refractivity contribution in [2.75, 3.05) is 0 Å². The van der Waals surface area contributed by atoms with Gasteiger partial charge >= 0.3 is 0 Å². The average molecular weight is 382 g/mol. The summed E-state index contributed by atoms with van der Waals surface area (Å²) in [7, 11) is 0. The maximum absolute atomic E-state index is 11.9. The van der Waals surface area contributed by atoms with Gasteiger partial charge in [-0.25, -0.2) is 9.97 Å². The Hall–Kier alpha value is -2.67. The van der Waals surface area contributed by atoms with Crippen molar-refractivity contribution in [3.05, 3.63) is 52.3 Å². The Morgan fingerprint density at radius 1 is 1.32 bits per heavy atom. The Morgan fingerprint density at radius 3 is 2.89 bits per heavy atom. The molecule has 0 spiro atoms. The number of hydrogen-bond donors (Lipinski definition) is 3. The van der Waals surface area contributed by atoms with Crippen LogP contribution in [0.25, 0.3) is 11.2 Å². The topological polar surface area (TPSA) is 104 Å². The summed E-state index contributed by atoms with van der Waals surface area (Å²) < 4.78 is 6.32. The maximum atomic E-state index is 11.9. The zero-order valence-corrected chi connectivity index (χ0v) is 16.0. The Kier molecular flexibility index (Phi) is 5.43. The number of ether oxygens (including phenoxy) is 1. The molecule has 0 aliphatic heterocycles. The summed E-state index contributed by atoms with van der Waals surface area (Å²) in [6, 6.07) is 7.59. The zero-order valence-electron chi connectivity index (χ0n) is 16.0. The van der Waals surface area contributed by atoms with E-state index in [9.17, 15) is 9.90 Å². The Morgan fingerprint density at radius 2 is 2.14 bits per heavy atom. The van der Waals surface area contributed by atoms with Gasteiger partial charge in [0.15, 0.2) is 11.2 Å². The second-order valence-corrected chi connectivity index (χ2v) is 7.69. The van der Waals surface area contributed by atoms with Crippen LogP contribution in [0.5, 0.6) is 5.75 Å². The molecule has 2 unspecified atom stereocenters. The van der Waals surface area contributed by atoms with Crippen LogP contribution >= 0.6 is 0 Å². The first-order chi connectivity index (χ1) is 13.6. The number of rotatable bonds is 7. The molecule has 1 aromatic carbocycles. The third-order valence-electron chi connectivity index (χ3n) is 5.48. The standard InChI is InChI=1S/C21H26N4O3/c1-13(26)15-7-4-8-16(10-15)28-17(9-14-5-2-3-6-14)11-18-24-19-20(25-18)22-12-23-21(19)27/h4,7-8,10,12-14,17,26H,2-3,5-6,9,11H2,1H3,(H2,22,23,24,25,27). The lowest BCUT2D eigenvalue weighted by molar-refractivity contribution is 0.164. The van der Waals surface area contributed by atoms with Gasteiger partial charge in [-0.3, -0.25) is 4.79 Å². The lowest BCUT2D eigenvalue weighted by Crippen LogP contribution is -2.23. The van der Waals surface area contributed by atoms with Gasteiger partial charge < -0.3 is 19.8 Å². The van der Waals surface area contributed by atoms with E-state index < -0.39 is 6.10 Å². The number of hydrogen-bond acceptors (Lipinski definition) is 5. The highest BCUT2D eigenvalue weighted by Gasteiger charge is 2.23. The lowest BCUT2D eigenvalue weighted by Gasteiger charge is -2.22. The molecule has 0 saturated heterocycles. The van der Waals surface area contributed by atoms with E-state index in [1.165, 1.54) is 32.0 Å². The highest BCUT2D eigenvalue weighted by molar-refractivity contribution is 5.68. The van der Waals surface area contributed by atoms with E-state index >= 15 is 0 Å². The number of nitrogens with one attached hydrogen (secondary N) is 2. The number of H-pyrrole nitrogens is 2. The summed E-state index contributed by atoms with van der Waals surface area (Å²) >= 11 is 0. The molecule has 2 atom stereocenters. The predicted octanol–water partition coefficient (Wildman–Crippen LogP) is 3.27.